The number of allylic oxidation sites excluding steroid dienone is 1. The molecule has 0 saturated carbocycles. The van der Waals surface area contributed by atoms with Gasteiger partial charge in [0.1, 0.15) is 0 Å². The van der Waals surface area contributed by atoms with Crippen LogP contribution in [0.5, 0.6) is 0 Å². The number of aliphatic hydroxyl groups is 1. The van der Waals surface area contributed by atoms with E-state index in [9.17, 15) is 0 Å². The molecule has 0 aliphatic carbocycles. The van der Waals surface area contributed by atoms with Gasteiger partial charge in [-0.3, -0.25) is 0 Å². The standard InChI is InChI=1S/C23H46O3/c1-3-5-7-17-21-25-23(26-22-18-8-6-4-2)19-15-13-11-9-10-12-14-16-20-24/h12,14,23-24H,3-11,13,15-22H2,1-2H3/b14-12-. The van der Waals surface area contributed by atoms with E-state index in [-0.39, 0.29) is 12.9 Å². The van der Waals surface area contributed by atoms with Crippen molar-refractivity contribution in [3.63, 3.8) is 0 Å². The van der Waals surface area contributed by atoms with E-state index in [0.29, 0.717) is 0 Å². The van der Waals surface area contributed by atoms with Crippen molar-refractivity contribution in [1.82, 2.24) is 0 Å². The first-order valence-corrected chi connectivity index (χ1v) is 11.3. The van der Waals surface area contributed by atoms with Crippen molar-refractivity contribution in [1.29, 1.82) is 0 Å². The van der Waals surface area contributed by atoms with Crippen LogP contribution in [-0.4, -0.2) is 31.2 Å². The van der Waals surface area contributed by atoms with Gasteiger partial charge in [0.25, 0.3) is 0 Å². The van der Waals surface area contributed by atoms with Gasteiger partial charge in [-0.1, -0.05) is 77.4 Å². The molecule has 1 N–H and O–H groups in total. The molecule has 26 heavy (non-hydrogen) atoms. The summed E-state index contributed by atoms with van der Waals surface area (Å²) in [4.78, 5) is 0. The lowest BCUT2D eigenvalue weighted by atomic mass is 10.1. The second kappa shape index (κ2) is 22.7. The molecule has 156 valence electrons. The van der Waals surface area contributed by atoms with Crippen molar-refractivity contribution in [2.75, 3.05) is 19.8 Å². The van der Waals surface area contributed by atoms with E-state index in [2.05, 4.69) is 26.0 Å². The molecule has 0 atom stereocenters. The highest BCUT2D eigenvalue weighted by Gasteiger charge is 2.09. The van der Waals surface area contributed by atoms with Crippen LogP contribution in [0.1, 0.15) is 110 Å². The molecule has 0 unspecified atom stereocenters. The SMILES string of the molecule is CCCCCCOC(CCCCCC/C=C\CCO)OCCCCCC. The second-order valence-corrected chi connectivity index (χ2v) is 7.27. The lowest BCUT2D eigenvalue weighted by Gasteiger charge is -2.19. The van der Waals surface area contributed by atoms with Gasteiger partial charge in [-0.05, 0) is 44.9 Å². The Balaban J connectivity index is 3.76. The molecule has 0 saturated heterocycles. The maximum atomic E-state index is 8.72. The third kappa shape index (κ3) is 19.9. The third-order valence-electron chi connectivity index (χ3n) is 4.63. The number of hydrogen-bond acceptors (Lipinski definition) is 3. The highest BCUT2D eigenvalue weighted by atomic mass is 16.7. The normalized spacial score (nSPS) is 11.8. The Hall–Kier alpha value is -0.380. The fourth-order valence-corrected chi connectivity index (χ4v) is 2.94. The molecule has 0 aromatic heterocycles. The van der Waals surface area contributed by atoms with Crippen LogP contribution in [0, 0.1) is 0 Å². The topological polar surface area (TPSA) is 38.7 Å². The van der Waals surface area contributed by atoms with Crippen LogP contribution in [0.25, 0.3) is 0 Å². The van der Waals surface area contributed by atoms with Crippen LogP contribution < -0.4 is 0 Å². The second-order valence-electron chi connectivity index (χ2n) is 7.27. The Morgan fingerprint density at radius 2 is 1.19 bits per heavy atom. The van der Waals surface area contributed by atoms with Crippen LogP contribution in [0.4, 0.5) is 0 Å². The van der Waals surface area contributed by atoms with Crippen molar-refractivity contribution < 1.29 is 14.6 Å². The van der Waals surface area contributed by atoms with E-state index in [0.717, 1.165) is 45.3 Å². The molecule has 0 heterocycles. The average Bonchev–Trinajstić information content (AvgIpc) is 2.65. The zero-order valence-corrected chi connectivity index (χ0v) is 17.7. The first-order valence-electron chi connectivity index (χ1n) is 11.3. The quantitative estimate of drug-likeness (QED) is 0.137. The minimum atomic E-state index is 0.00250. The Kier molecular flexibility index (Phi) is 22.3. The maximum Gasteiger partial charge on any atom is 0.157 e. The van der Waals surface area contributed by atoms with E-state index in [4.69, 9.17) is 14.6 Å². The lowest BCUT2D eigenvalue weighted by molar-refractivity contribution is -0.148. The predicted molar refractivity (Wildman–Crippen MR) is 113 cm³/mol. The van der Waals surface area contributed by atoms with Crippen LogP contribution in [-0.2, 0) is 9.47 Å². The van der Waals surface area contributed by atoms with E-state index >= 15 is 0 Å². The molecule has 0 aliphatic heterocycles. The Morgan fingerprint density at radius 1 is 0.654 bits per heavy atom. The van der Waals surface area contributed by atoms with Crippen molar-refractivity contribution in [3.8, 4) is 0 Å². The molecular formula is C23H46O3. The summed E-state index contributed by atoms with van der Waals surface area (Å²) >= 11 is 0. The number of ether oxygens (including phenoxy) is 2. The number of unbranched alkanes of at least 4 members (excludes halogenated alkanes) is 10. The lowest BCUT2D eigenvalue weighted by Crippen LogP contribution is -2.19. The molecule has 0 aliphatic rings. The molecule has 0 spiro atoms. The Labute approximate surface area is 163 Å². The zero-order chi connectivity index (χ0) is 19.1. The number of hydrogen-bond donors (Lipinski definition) is 1. The summed E-state index contributed by atoms with van der Waals surface area (Å²) in [6, 6.07) is 0. The van der Waals surface area contributed by atoms with Gasteiger partial charge >= 0.3 is 0 Å². The fraction of sp³-hybridized carbons (Fsp3) is 0.913. The minimum Gasteiger partial charge on any atom is -0.396 e. The molecule has 3 nitrogen and oxygen atoms in total. The maximum absolute atomic E-state index is 8.72. The van der Waals surface area contributed by atoms with Gasteiger partial charge in [0.05, 0.1) is 0 Å². The fourth-order valence-electron chi connectivity index (χ4n) is 2.94. The molecule has 0 bridgehead atoms. The van der Waals surface area contributed by atoms with Crippen molar-refractivity contribution in [2.45, 2.75) is 116 Å². The molecule has 0 amide bonds. The first kappa shape index (κ1) is 25.6. The predicted octanol–water partition coefficient (Wildman–Crippen LogP) is 6.79. The van der Waals surface area contributed by atoms with Crippen molar-refractivity contribution >= 4 is 0 Å². The summed E-state index contributed by atoms with van der Waals surface area (Å²) in [7, 11) is 0. The minimum absolute atomic E-state index is 0.00250. The van der Waals surface area contributed by atoms with Crippen molar-refractivity contribution in [2.24, 2.45) is 0 Å². The molecule has 0 fully saturated rings. The largest absolute Gasteiger partial charge is 0.396 e. The average molecular weight is 371 g/mol. The van der Waals surface area contributed by atoms with Gasteiger partial charge in [0, 0.05) is 19.8 Å². The van der Waals surface area contributed by atoms with Gasteiger partial charge in [-0.2, -0.15) is 0 Å². The summed E-state index contributed by atoms with van der Waals surface area (Å²) in [5.74, 6) is 0. The van der Waals surface area contributed by atoms with E-state index < -0.39 is 0 Å². The van der Waals surface area contributed by atoms with E-state index in [1.165, 1.54) is 64.2 Å². The molecule has 0 aromatic carbocycles. The number of aliphatic hydroxyl groups excluding tert-OH is 1. The number of rotatable bonds is 21. The van der Waals surface area contributed by atoms with Gasteiger partial charge < -0.3 is 14.6 Å². The van der Waals surface area contributed by atoms with Crippen molar-refractivity contribution in [3.05, 3.63) is 12.2 Å². The first-order chi connectivity index (χ1) is 12.8. The summed E-state index contributed by atoms with van der Waals surface area (Å²) in [5, 5.41) is 8.72. The van der Waals surface area contributed by atoms with Crippen LogP contribution in [0.15, 0.2) is 12.2 Å². The molecule has 0 rings (SSSR count). The molecule has 0 radical (unpaired) electrons. The monoisotopic (exact) mass is 370 g/mol. The summed E-state index contributed by atoms with van der Waals surface area (Å²) < 4.78 is 12.0. The van der Waals surface area contributed by atoms with Gasteiger partial charge in [-0.25, -0.2) is 0 Å². The summed E-state index contributed by atoms with van der Waals surface area (Å²) in [6.07, 6.45) is 22.2. The highest BCUT2D eigenvalue weighted by Crippen LogP contribution is 2.13. The van der Waals surface area contributed by atoms with Crippen LogP contribution in [0.2, 0.25) is 0 Å². The van der Waals surface area contributed by atoms with Crippen LogP contribution >= 0.6 is 0 Å². The van der Waals surface area contributed by atoms with Crippen LogP contribution in [0.3, 0.4) is 0 Å². The highest BCUT2D eigenvalue weighted by molar-refractivity contribution is 4.80. The zero-order valence-electron chi connectivity index (χ0n) is 17.7. The van der Waals surface area contributed by atoms with E-state index in [1.807, 2.05) is 0 Å². The van der Waals surface area contributed by atoms with Gasteiger partial charge in [0.15, 0.2) is 6.29 Å². The third-order valence-corrected chi connectivity index (χ3v) is 4.63. The Morgan fingerprint density at radius 3 is 1.77 bits per heavy atom. The summed E-state index contributed by atoms with van der Waals surface area (Å²) in [6.45, 7) is 6.43. The van der Waals surface area contributed by atoms with Gasteiger partial charge in [-0.15, -0.1) is 0 Å². The smallest absolute Gasteiger partial charge is 0.157 e. The summed E-state index contributed by atoms with van der Waals surface area (Å²) in [5.41, 5.74) is 0. The van der Waals surface area contributed by atoms with E-state index in [1.54, 1.807) is 0 Å². The Bertz CT molecular complexity index is 265. The molecule has 0 aromatic rings. The molecule has 3 heteroatoms. The van der Waals surface area contributed by atoms with Gasteiger partial charge in [0.2, 0.25) is 0 Å². The molecular weight excluding hydrogens is 324 g/mol.